The van der Waals surface area contributed by atoms with E-state index in [4.69, 9.17) is 4.74 Å². The molecule has 0 aliphatic rings. The van der Waals surface area contributed by atoms with Crippen LogP contribution in [-0.4, -0.2) is 36.5 Å². The quantitative estimate of drug-likeness (QED) is 0.654. The van der Waals surface area contributed by atoms with Crippen molar-refractivity contribution in [3.63, 3.8) is 0 Å². The van der Waals surface area contributed by atoms with Gasteiger partial charge in [-0.2, -0.15) is 0 Å². The average Bonchev–Trinajstić information content (AvgIpc) is 2.58. The number of guanidine groups is 1. The Morgan fingerprint density at radius 3 is 2.88 bits per heavy atom. The molecule has 24 heavy (non-hydrogen) atoms. The molecule has 0 aliphatic heterocycles. The number of methoxy groups -OCH3 is 1. The topological polar surface area (TPSA) is 49.8 Å². The highest BCUT2D eigenvalue weighted by Crippen LogP contribution is 2.15. The molecule has 0 saturated heterocycles. The Kier molecular flexibility index (Phi) is 6.54. The van der Waals surface area contributed by atoms with Crippen LogP contribution in [0.25, 0.3) is 0 Å². The molecule has 128 valence electrons. The molecular formula is C18H23FN4O. The fraction of sp³-hybridized carbons (Fsp3) is 0.333. The summed E-state index contributed by atoms with van der Waals surface area (Å²) in [5.74, 6) is 1.08. The summed E-state index contributed by atoms with van der Waals surface area (Å²) in [6, 6.07) is 10.4. The summed E-state index contributed by atoms with van der Waals surface area (Å²) < 4.78 is 18.6. The van der Waals surface area contributed by atoms with Gasteiger partial charge in [-0.25, -0.2) is 14.4 Å². The number of halogens is 1. The summed E-state index contributed by atoms with van der Waals surface area (Å²) in [7, 11) is 3.52. The SMILES string of the molecule is CCNC(=NCc1cccnc1OC)N(C)Cc1cccc(F)c1. The molecular weight excluding hydrogens is 307 g/mol. The van der Waals surface area contributed by atoms with Crippen molar-refractivity contribution in [3.05, 3.63) is 59.5 Å². The van der Waals surface area contributed by atoms with Gasteiger partial charge in [0.2, 0.25) is 5.88 Å². The first-order valence-electron chi connectivity index (χ1n) is 7.85. The molecule has 2 rings (SSSR count). The number of nitrogens with zero attached hydrogens (tertiary/aromatic N) is 3. The zero-order chi connectivity index (χ0) is 17.4. The zero-order valence-corrected chi connectivity index (χ0v) is 14.3. The first kappa shape index (κ1) is 17.7. The first-order valence-corrected chi connectivity index (χ1v) is 7.85. The smallest absolute Gasteiger partial charge is 0.218 e. The van der Waals surface area contributed by atoms with Gasteiger partial charge in [0.15, 0.2) is 5.96 Å². The molecule has 1 aromatic carbocycles. The largest absolute Gasteiger partial charge is 0.481 e. The van der Waals surface area contributed by atoms with Crippen LogP contribution in [0.1, 0.15) is 18.1 Å². The maximum absolute atomic E-state index is 13.3. The predicted octanol–water partition coefficient (Wildman–Crippen LogP) is 2.83. The number of aromatic nitrogens is 1. The highest BCUT2D eigenvalue weighted by atomic mass is 19.1. The second kappa shape index (κ2) is 8.86. The molecule has 0 aliphatic carbocycles. The van der Waals surface area contributed by atoms with E-state index in [1.54, 1.807) is 19.4 Å². The van der Waals surface area contributed by atoms with Gasteiger partial charge >= 0.3 is 0 Å². The Morgan fingerprint density at radius 2 is 2.17 bits per heavy atom. The van der Waals surface area contributed by atoms with Crippen molar-refractivity contribution in [2.75, 3.05) is 20.7 Å². The lowest BCUT2D eigenvalue weighted by Crippen LogP contribution is -2.38. The molecule has 0 bridgehead atoms. The van der Waals surface area contributed by atoms with Crippen LogP contribution in [-0.2, 0) is 13.1 Å². The summed E-state index contributed by atoms with van der Waals surface area (Å²) in [5.41, 5.74) is 1.80. The maximum Gasteiger partial charge on any atom is 0.218 e. The second-order valence-electron chi connectivity index (χ2n) is 5.33. The van der Waals surface area contributed by atoms with Gasteiger partial charge in [-0.1, -0.05) is 18.2 Å². The van der Waals surface area contributed by atoms with E-state index in [1.807, 2.05) is 37.1 Å². The predicted molar refractivity (Wildman–Crippen MR) is 93.5 cm³/mol. The number of pyridine rings is 1. The standard InChI is InChI=1S/C18H23FN4O/c1-4-20-18(22-12-15-8-6-10-21-17(15)24-3)23(2)13-14-7-5-9-16(19)11-14/h5-11H,4,12-13H2,1-3H3,(H,20,22). The van der Waals surface area contributed by atoms with Gasteiger partial charge in [-0.15, -0.1) is 0 Å². The van der Waals surface area contributed by atoms with Gasteiger partial charge < -0.3 is 15.0 Å². The lowest BCUT2D eigenvalue weighted by Gasteiger charge is -2.22. The molecule has 0 unspecified atom stereocenters. The summed E-state index contributed by atoms with van der Waals surface area (Å²) >= 11 is 0. The van der Waals surface area contributed by atoms with E-state index in [0.717, 1.165) is 23.6 Å². The zero-order valence-electron chi connectivity index (χ0n) is 14.3. The Morgan fingerprint density at radius 1 is 1.33 bits per heavy atom. The summed E-state index contributed by atoms with van der Waals surface area (Å²) in [5, 5.41) is 3.25. The molecule has 0 radical (unpaired) electrons. The average molecular weight is 330 g/mol. The van der Waals surface area contributed by atoms with Gasteiger partial charge in [0.25, 0.3) is 0 Å². The summed E-state index contributed by atoms with van der Waals surface area (Å²) in [6.45, 7) is 3.77. The summed E-state index contributed by atoms with van der Waals surface area (Å²) in [4.78, 5) is 10.8. The molecule has 1 heterocycles. The highest BCUT2D eigenvalue weighted by molar-refractivity contribution is 5.79. The van der Waals surface area contributed by atoms with Crippen molar-refractivity contribution in [2.24, 2.45) is 4.99 Å². The third kappa shape index (κ3) is 4.94. The molecule has 1 aromatic heterocycles. The molecule has 0 saturated carbocycles. The number of rotatable bonds is 6. The Bertz CT molecular complexity index is 690. The van der Waals surface area contributed by atoms with E-state index in [1.165, 1.54) is 12.1 Å². The second-order valence-corrected chi connectivity index (χ2v) is 5.33. The maximum atomic E-state index is 13.3. The number of nitrogens with one attached hydrogen (secondary N) is 1. The van der Waals surface area contributed by atoms with Crippen LogP contribution in [0, 0.1) is 5.82 Å². The molecule has 5 nitrogen and oxygen atoms in total. The highest BCUT2D eigenvalue weighted by Gasteiger charge is 2.08. The van der Waals surface area contributed by atoms with Crippen LogP contribution in [0.3, 0.4) is 0 Å². The monoisotopic (exact) mass is 330 g/mol. The first-order chi connectivity index (χ1) is 11.6. The number of benzene rings is 1. The number of hydrogen-bond acceptors (Lipinski definition) is 3. The van der Waals surface area contributed by atoms with Crippen molar-refractivity contribution >= 4 is 5.96 Å². The Labute approximate surface area is 142 Å². The fourth-order valence-corrected chi connectivity index (χ4v) is 2.34. The van der Waals surface area contributed by atoms with E-state index in [9.17, 15) is 4.39 Å². The van der Waals surface area contributed by atoms with Crippen molar-refractivity contribution < 1.29 is 9.13 Å². The van der Waals surface area contributed by atoms with Gasteiger partial charge in [0, 0.05) is 31.9 Å². The van der Waals surface area contributed by atoms with E-state index in [-0.39, 0.29) is 5.82 Å². The van der Waals surface area contributed by atoms with Crippen molar-refractivity contribution in [3.8, 4) is 5.88 Å². The van der Waals surface area contributed by atoms with E-state index >= 15 is 0 Å². The van der Waals surface area contributed by atoms with Gasteiger partial charge in [-0.3, -0.25) is 0 Å². The van der Waals surface area contributed by atoms with E-state index in [2.05, 4.69) is 15.3 Å². The van der Waals surface area contributed by atoms with Crippen molar-refractivity contribution in [1.29, 1.82) is 0 Å². The van der Waals surface area contributed by atoms with Crippen LogP contribution in [0.2, 0.25) is 0 Å². The molecule has 0 spiro atoms. The number of hydrogen-bond donors (Lipinski definition) is 1. The number of aliphatic imine (C=N–C) groups is 1. The van der Waals surface area contributed by atoms with Gasteiger partial charge in [-0.05, 0) is 30.7 Å². The third-order valence-electron chi connectivity index (χ3n) is 3.45. The molecule has 6 heteroatoms. The van der Waals surface area contributed by atoms with Crippen molar-refractivity contribution in [2.45, 2.75) is 20.0 Å². The molecule has 0 amide bonds. The van der Waals surface area contributed by atoms with Gasteiger partial charge in [0.05, 0.1) is 13.7 Å². The Hall–Kier alpha value is -2.63. The number of ether oxygens (including phenoxy) is 1. The van der Waals surface area contributed by atoms with Crippen LogP contribution in [0.5, 0.6) is 5.88 Å². The van der Waals surface area contributed by atoms with Crippen LogP contribution in [0.4, 0.5) is 4.39 Å². The molecule has 0 atom stereocenters. The van der Waals surface area contributed by atoms with E-state index in [0.29, 0.717) is 19.0 Å². The normalized spacial score (nSPS) is 11.2. The van der Waals surface area contributed by atoms with Crippen molar-refractivity contribution in [1.82, 2.24) is 15.2 Å². The molecule has 2 aromatic rings. The minimum absolute atomic E-state index is 0.233. The lowest BCUT2D eigenvalue weighted by atomic mass is 10.2. The Balaban J connectivity index is 2.12. The van der Waals surface area contributed by atoms with Crippen LogP contribution in [0.15, 0.2) is 47.6 Å². The molecule has 1 N–H and O–H groups in total. The molecule has 0 fully saturated rings. The van der Waals surface area contributed by atoms with E-state index < -0.39 is 0 Å². The summed E-state index contributed by atoms with van der Waals surface area (Å²) in [6.07, 6.45) is 1.69. The minimum atomic E-state index is -0.233. The minimum Gasteiger partial charge on any atom is -0.481 e. The third-order valence-corrected chi connectivity index (χ3v) is 3.45. The fourth-order valence-electron chi connectivity index (χ4n) is 2.34. The van der Waals surface area contributed by atoms with Gasteiger partial charge in [0.1, 0.15) is 5.82 Å². The van der Waals surface area contributed by atoms with Crippen LogP contribution >= 0.6 is 0 Å². The lowest BCUT2D eigenvalue weighted by molar-refractivity contribution is 0.392. The van der Waals surface area contributed by atoms with Crippen LogP contribution < -0.4 is 10.1 Å².